The van der Waals surface area contributed by atoms with E-state index in [1.165, 1.54) is 12.3 Å². The first kappa shape index (κ1) is 20.6. The number of piperidine rings is 1. The van der Waals surface area contributed by atoms with Gasteiger partial charge in [-0.2, -0.15) is 4.52 Å². The molecule has 4 heterocycles. The fourth-order valence-electron chi connectivity index (χ4n) is 4.49. The zero-order valence-electron chi connectivity index (χ0n) is 17.4. The molecule has 0 saturated carbocycles. The van der Waals surface area contributed by atoms with Crippen molar-refractivity contribution in [2.45, 2.75) is 37.8 Å². The summed E-state index contributed by atoms with van der Waals surface area (Å²) in [7, 11) is 0. The number of likely N-dealkylation sites (tertiary alicyclic amines) is 1. The van der Waals surface area contributed by atoms with Gasteiger partial charge in [0, 0.05) is 25.2 Å². The molecule has 2 N–H and O–H groups in total. The van der Waals surface area contributed by atoms with Crippen LogP contribution in [0, 0.1) is 11.6 Å². The molecule has 2 saturated heterocycles. The first-order valence-corrected chi connectivity index (χ1v) is 10.8. The maximum atomic E-state index is 14.4. The number of imidazole rings is 1. The molecule has 0 aliphatic carbocycles. The lowest BCUT2D eigenvalue weighted by molar-refractivity contribution is 0.0971. The number of carbonyl (C=O) groups is 1. The molecule has 1 aromatic carbocycles. The maximum absolute atomic E-state index is 14.4. The van der Waals surface area contributed by atoms with E-state index in [1.807, 2.05) is 4.90 Å². The highest BCUT2D eigenvalue weighted by molar-refractivity contribution is 5.88. The summed E-state index contributed by atoms with van der Waals surface area (Å²) in [4.78, 5) is 20.5. The van der Waals surface area contributed by atoms with E-state index in [1.54, 1.807) is 21.5 Å². The van der Waals surface area contributed by atoms with Gasteiger partial charge in [0.25, 0.3) is 0 Å². The summed E-state index contributed by atoms with van der Waals surface area (Å²) in [5.41, 5.74) is 0.877. The number of carbonyl (C=O) groups excluding carboxylic acids is 1. The lowest BCUT2D eigenvalue weighted by Crippen LogP contribution is -2.42. The van der Waals surface area contributed by atoms with Crippen LogP contribution in [-0.4, -0.2) is 56.4 Å². The third kappa shape index (κ3) is 3.86. The molecule has 2 aliphatic rings. The number of rotatable bonds is 3. The summed E-state index contributed by atoms with van der Waals surface area (Å²) in [5.74, 6) is 0.108. The summed E-state index contributed by atoms with van der Waals surface area (Å²) in [6, 6.07) is 6.51. The molecule has 10 heteroatoms. The lowest BCUT2D eigenvalue weighted by atomic mass is 10.0. The van der Waals surface area contributed by atoms with Crippen LogP contribution in [0.25, 0.3) is 5.65 Å². The van der Waals surface area contributed by atoms with Gasteiger partial charge >= 0.3 is 6.03 Å². The molecule has 0 radical (unpaired) electrons. The highest BCUT2D eigenvalue weighted by Gasteiger charge is 2.30. The molecule has 1 atom stereocenters. The van der Waals surface area contributed by atoms with Crippen molar-refractivity contribution < 1.29 is 18.7 Å². The van der Waals surface area contributed by atoms with Crippen LogP contribution in [0.3, 0.4) is 0 Å². The molecular formula is C22H24F2N6O2. The number of urea groups is 1. The van der Waals surface area contributed by atoms with Crippen LogP contribution in [0.1, 0.15) is 37.3 Å². The summed E-state index contributed by atoms with van der Waals surface area (Å²) < 4.78 is 29.7. The van der Waals surface area contributed by atoms with E-state index in [-0.39, 0.29) is 18.2 Å². The molecule has 5 rings (SSSR count). The second-order valence-corrected chi connectivity index (χ2v) is 8.27. The molecule has 2 aliphatic heterocycles. The fraction of sp³-hybridized carbons (Fsp3) is 0.409. The first-order chi connectivity index (χ1) is 15.5. The molecule has 8 nitrogen and oxygen atoms in total. The molecule has 2 amide bonds. The number of benzene rings is 1. The van der Waals surface area contributed by atoms with Crippen LogP contribution in [-0.2, 0) is 0 Å². The zero-order chi connectivity index (χ0) is 22.2. The number of nitrogens with zero attached hydrogens (tertiary/aromatic N) is 5. The Balaban J connectivity index is 1.41. The molecule has 0 bridgehead atoms. The minimum absolute atomic E-state index is 0.271. The summed E-state index contributed by atoms with van der Waals surface area (Å²) >= 11 is 0. The van der Waals surface area contributed by atoms with E-state index in [0.29, 0.717) is 61.7 Å². The van der Waals surface area contributed by atoms with Crippen molar-refractivity contribution >= 4 is 23.3 Å². The van der Waals surface area contributed by atoms with Crippen LogP contribution in [0.5, 0.6) is 0 Å². The van der Waals surface area contributed by atoms with Gasteiger partial charge in [0.15, 0.2) is 11.5 Å². The number of aromatic nitrogens is 3. The van der Waals surface area contributed by atoms with E-state index in [0.717, 1.165) is 18.6 Å². The Hall–Kier alpha value is -3.27. The van der Waals surface area contributed by atoms with E-state index in [2.05, 4.69) is 15.4 Å². The minimum atomic E-state index is -0.471. The summed E-state index contributed by atoms with van der Waals surface area (Å²) in [5, 5.41) is 17.1. The number of aliphatic hydroxyl groups is 1. The van der Waals surface area contributed by atoms with Gasteiger partial charge < -0.3 is 14.9 Å². The number of fused-ring (bicyclic) bond motifs is 1. The van der Waals surface area contributed by atoms with Gasteiger partial charge in [-0.25, -0.2) is 18.6 Å². The fourth-order valence-corrected chi connectivity index (χ4v) is 4.49. The van der Waals surface area contributed by atoms with Gasteiger partial charge in [0.2, 0.25) is 0 Å². The molecule has 168 valence electrons. The smallest absolute Gasteiger partial charge is 0.323 e. The predicted molar refractivity (Wildman–Crippen MR) is 114 cm³/mol. The predicted octanol–water partition coefficient (Wildman–Crippen LogP) is 3.34. The van der Waals surface area contributed by atoms with Crippen LogP contribution in [0.4, 0.5) is 25.2 Å². The Bertz CT molecular complexity index is 1140. The topological polar surface area (TPSA) is 86.0 Å². The number of anilines is 2. The van der Waals surface area contributed by atoms with Crippen molar-refractivity contribution in [3.63, 3.8) is 0 Å². The molecule has 3 aromatic rings. The molecule has 2 aromatic heterocycles. The average molecular weight is 442 g/mol. The maximum Gasteiger partial charge on any atom is 0.323 e. The monoisotopic (exact) mass is 442 g/mol. The number of halogens is 2. The van der Waals surface area contributed by atoms with Gasteiger partial charge in [-0.3, -0.25) is 5.32 Å². The van der Waals surface area contributed by atoms with Crippen molar-refractivity contribution in [3.05, 3.63) is 53.7 Å². The number of amides is 2. The van der Waals surface area contributed by atoms with Crippen molar-refractivity contribution in [1.82, 2.24) is 19.5 Å². The van der Waals surface area contributed by atoms with E-state index in [9.17, 15) is 18.7 Å². The minimum Gasteiger partial charge on any atom is -0.393 e. The highest BCUT2D eigenvalue weighted by atomic mass is 19.1. The van der Waals surface area contributed by atoms with Crippen LogP contribution < -0.4 is 10.2 Å². The molecule has 32 heavy (non-hydrogen) atoms. The quantitative estimate of drug-likeness (QED) is 0.650. The third-order valence-corrected chi connectivity index (χ3v) is 6.20. The lowest BCUT2D eigenvalue weighted by Gasteiger charge is -2.29. The highest BCUT2D eigenvalue weighted by Crippen LogP contribution is 2.36. The van der Waals surface area contributed by atoms with Crippen LogP contribution in [0.2, 0.25) is 0 Å². The van der Waals surface area contributed by atoms with Gasteiger partial charge in [0.05, 0.1) is 18.3 Å². The molecule has 0 spiro atoms. The number of hydrogen-bond acceptors (Lipinski definition) is 5. The first-order valence-electron chi connectivity index (χ1n) is 10.8. The van der Waals surface area contributed by atoms with E-state index < -0.39 is 11.6 Å². The summed E-state index contributed by atoms with van der Waals surface area (Å²) in [6.07, 6.45) is 3.79. The normalized spacial score (nSPS) is 19.7. The van der Waals surface area contributed by atoms with E-state index >= 15 is 0 Å². The third-order valence-electron chi connectivity index (χ3n) is 6.20. The second kappa shape index (κ2) is 8.34. The number of nitrogens with one attached hydrogen (secondary N) is 1. The van der Waals surface area contributed by atoms with Crippen molar-refractivity contribution in [2.24, 2.45) is 0 Å². The summed E-state index contributed by atoms with van der Waals surface area (Å²) in [6.45, 7) is 1.62. The van der Waals surface area contributed by atoms with Crippen LogP contribution >= 0.6 is 0 Å². The van der Waals surface area contributed by atoms with Gasteiger partial charge in [0.1, 0.15) is 17.5 Å². The molecule has 2 fully saturated rings. The van der Waals surface area contributed by atoms with Gasteiger partial charge in [-0.1, -0.05) is 0 Å². The standard InChI is InChI=1S/C22H24F2N6O2/c23-14-3-4-17(24)16(12-14)18-2-1-9-29(18)20-6-5-19-25-13-21(30(19)27-20)26-22(32)28-10-7-15(31)8-11-28/h3-6,12-13,15,18,31H,1-2,7-11H2,(H,26,32). The Labute approximate surface area is 183 Å². The molecule has 1 unspecified atom stereocenters. The van der Waals surface area contributed by atoms with Crippen molar-refractivity contribution in [1.29, 1.82) is 0 Å². The van der Waals surface area contributed by atoms with Gasteiger partial charge in [-0.05, 0) is 56.0 Å². The zero-order valence-corrected chi connectivity index (χ0v) is 17.4. The van der Waals surface area contributed by atoms with Crippen molar-refractivity contribution in [3.8, 4) is 0 Å². The Kier molecular flexibility index (Phi) is 5.38. The Morgan fingerprint density at radius 2 is 1.91 bits per heavy atom. The SMILES string of the molecule is O=C(Nc1cnc2ccc(N3CCCC3c3cc(F)ccc3F)nn12)N1CCC(O)CC1. The Morgan fingerprint density at radius 3 is 2.72 bits per heavy atom. The largest absolute Gasteiger partial charge is 0.393 e. The molecular weight excluding hydrogens is 418 g/mol. The Morgan fingerprint density at radius 1 is 1.09 bits per heavy atom. The van der Waals surface area contributed by atoms with Crippen LogP contribution in [0.15, 0.2) is 36.5 Å². The average Bonchev–Trinajstić information content (AvgIpc) is 3.43. The van der Waals surface area contributed by atoms with Gasteiger partial charge in [-0.15, -0.1) is 5.10 Å². The van der Waals surface area contributed by atoms with Crippen molar-refractivity contribution in [2.75, 3.05) is 29.9 Å². The number of hydrogen-bond donors (Lipinski definition) is 2. The number of aliphatic hydroxyl groups excluding tert-OH is 1. The van der Waals surface area contributed by atoms with E-state index in [4.69, 9.17) is 0 Å². The second-order valence-electron chi connectivity index (χ2n) is 8.27.